The molecule has 0 radical (unpaired) electrons. The molecule has 0 heterocycles. The van der Waals surface area contributed by atoms with E-state index in [0.717, 1.165) is 32.1 Å². The fourth-order valence-electron chi connectivity index (χ4n) is 2.23. The maximum atomic E-state index is 9.32. The van der Waals surface area contributed by atoms with Gasteiger partial charge >= 0.3 is 0 Å². The number of allylic oxidation sites excluding steroid dienone is 6. The first-order valence-corrected chi connectivity index (χ1v) is 9.14. The van der Waals surface area contributed by atoms with E-state index in [2.05, 4.69) is 43.4 Å². The SMILES string of the molecule is CCCCC/C=C\C/C=C\C/C=C\CCCCCC(O)CN. The lowest BCUT2D eigenvalue weighted by molar-refractivity contribution is 0.169. The van der Waals surface area contributed by atoms with Crippen LogP contribution in [0.25, 0.3) is 0 Å². The average molecular weight is 308 g/mol. The molecule has 0 spiro atoms. The highest BCUT2D eigenvalue weighted by Gasteiger charge is 1.98. The molecule has 0 aliphatic rings. The second-order valence-electron chi connectivity index (χ2n) is 5.91. The molecule has 0 aromatic rings. The normalized spacial score (nSPS) is 13.8. The molecule has 128 valence electrons. The Morgan fingerprint density at radius 1 is 0.773 bits per heavy atom. The Labute approximate surface area is 138 Å². The lowest BCUT2D eigenvalue weighted by Crippen LogP contribution is -2.19. The van der Waals surface area contributed by atoms with Crippen LogP contribution in [0.2, 0.25) is 0 Å². The van der Waals surface area contributed by atoms with Gasteiger partial charge in [0.15, 0.2) is 0 Å². The van der Waals surface area contributed by atoms with Crippen LogP contribution >= 0.6 is 0 Å². The van der Waals surface area contributed by atoms with Crippen molar-refractivity contribution in [2.75, 3.05) is 6.54 Å². The molecular formula is C20H37NO. The molecular weight excluding hydrogens is 270 g/mol. The van der Waals surface area contributed by atoms with Crippen molar-refractivity contribution in [3.8, 4) is 0 Å². The summed E-state index contributed by atoms with van der Waals surface area (Å²) in [5.74, 6) is 0. The molecule has 0 aromatic carbocycles. The van der Waals surface area contributed by atoms with Crippen LogP contribution in [0.3, 0.4) is 0 Å². The van der Waals surface area contributed by atoms with Gasteiger partial charge in [0, 0.05) is 6.54 Å². The number of rotatable bonds is 15. The zero-order chi connectivity index (χ0) is 16.3. The van der Waals surface area contributed by atoms with Gasteiger partial charge < -0.3 is 10.8 Å². The lowest BCUT2D eigenvalue weighted by Gasteiger charge is -2.05. The highest BCUT2D eigenvalue weighted by atomic mass is 16.3. The zero-order valence-electron chi connectivity index (χ0n) is 14.6. The first kappa shape index (κ1) is 21.1. The Kier molecular flexibility index (Phi) is 17.5. The fourth-order valence-corrected chi connectivity index (χ4v) is 2.23. The first-order valence-electron chi connectivity index (χ1n) is 9.14. The maximum Gasteiger partial charge on any atom is 0.0662 e. The summed E-state index contributed by atoms with van der Waals surface area (Å²) < 4.78 is 0. The molecule has 0 amide bonds. The average Bonchev–Trinajstić information content (AvgIpc) is 2.54. The molecule has 22 heavy (non-hydrogen) atoms. The van der Waals surface area contributed by atoms with Crippen LogP contribution in [0.5, 0.6) is 0 Å². The van der Waals surface area contributed by atoms with Gasteiger partial charge in [-0.3, -0.25) is 0 Å². The van der Waals surface area contributed by atoms with Crippen molar-refractivity contribution in [1.82, 2.24) is 0 Å². The quantitative estimate of drug-likeness (QED) is 0.319. The van der Waals surface area contributed by atoms with Gasteiger partial charge in [-0.1, -0.05) is 69.1 Å². The molecule has 2 heteroatoms. The van der Waals surface area contributed by atoms with Gasteiger partial charge in [-0.25, -0.2) is 0 Å². The molecule has 0 saturated heterocycles. The van der Waals surface area contributed by atoms with Gasteiger partial charge in [0.2, 0.25) is 0 Å². The van der Waals surface area contributed by atoms with E-state index in [0.29, 0.717) is 6.54 Å². The second kappa shape index (κ2) is 18.2. The number of hydrogen-bond acceptors (Lipinski definition) is 2. The molecule has 3 N–H and O–H groups in total. The molecule has 0 saturated carbocycles. The first-order chi connectivity index (χ1) is 10.8. The summed E-state index contributed by atoms with van der Waals surface area (Å²) in [5.41, 5.74) is 5.37. The highest BCUT2D eigenvalue weighted by Crippen LogP contribution is 2.06. The Hall–Kier alpha value is -0.860. The Bertz CT molecular complexity index is 294. The van der Waals surface area contributed by atoms with Gasteiger partial charge in [-0.05, 0) is 44.9 Å². The number of aliphatic hydroxyl groups is 1. The van der Waals surface area contributed by atoms with Crippen molar-refractivity contribution in [2.24, 2.45) is 5.73 Å². The lowest BCUT2D eigenvalue weighted by atomic mass is 10.1. The predicted molar refractivity (Wildman–Crippen MR) is 98.9 cm³/mol. The third-order valence-electron chi connectivity index (χ3n) is 3.70. The minimum Gasteiger partial charge on any atom is -0.392 e. The molecule has 0 fully saturated rings. The zero-order valence-corrected chi connectivity index (χ0v) is 14.6. The van der Waals surface area contributed by atoms with Gasteiger partial charge in [0.05, 0.1) is 6.10 Å². The van der Waals surface area contributed by atoms with E-state index in [4.69, 9.17) is 5.73 Å². The van der Waals surface area contributed by atoms with Gasteiger partial charge in [0.1, 0.15) is 0 Å². The standard InChI is InChI=1S/C20H37NO/c1-2-3-4-5-6-7-8-9-10-11-12-13-14-15-16-17-18-20(22)19-21/h6-7,9-10,12-13,20,22H,2-5,8,11,14-19,21H2,1H3/b7-6-,10-9-,13-12-. The summed E-state index contributed by atoms with van der Waals surface area (Å²) in [5, 5.41) is 9.32. The van der Waals surface area contributed by atoms with E-state index >= 15 is 0 Å². The third-order valence-corrected chi connectivity index (χ3v) is 3.70. The second-order valence-corrected chi connectivity index (χ2v) is 5.91. The minimum absolute atomic E-state index is 0.304. The summed E-state index contributed by atoms with van der Waals surface area (Å²) in [7, 11) is 0. The van der Waals surface area contributed by atoms with Crippen LogP contribution in [-0.2, 0) is 0 Å². The summed E-state index contributed by atoms with van der Waals surface area (Å²) >= 11 is 0. The molecule has 2 nitrogen and oxygen atoms in total. The smallest absolute Gasteiger partial charge is 0.0662 e. The Balaban J connectivity index is 3.30. The molecule has 0 bridgehead atoms. The van der Waals surface area contributed by atoms with E-state index in [1.807, 2.05) is 0 Å². The van der Waals surface area contributed by atoms with E-state index < -0.39 is 0 Å². The summed E-state index contributed by atoms with van der Waals surface area (Å²) in [4.78, 5) is 0. The number of nitrogens with two attached hydrogens (primary N) is 1. The minimum atomic E-state index is -0.304. The topological polar surface area (TPSA) is 46.2 Å². The molecule has 0 aliphatic heterocycles. The van der Waals surface area contributed by atoms with E-state index in [-0.39, 0.29) is 6.10 Å². The highest BCUT2D eigenvalue weighted by molar-refractivity contribution is 4.97. The molecule has 0 rings (SSSR count). The van der Waals surface area contributed by atoms with Crippen molar-refractivity contribution < 1.29 is 5.11 Å². The third kappa shape index (κ3) is 17.2. The van der Waals surface area contributed by atoms with Crippen molar-refractivity contribution in [1.29, 1.82) is 0 Å². The van der Waals surface area contributed by atoms with Crippen LogP contribution in [-0.4, -0.2) is 17.8 Å². The van der Waals surface area contributed by atoms with Gasteiger partial charge in [0.25, 0.3) is 0 Å². The molecule has 0 aromatic heterocycles. The molecule has 1 unspecified atom stereocenters. The van der Waals surface area contributed by atoms with Crippen LogP contribution < -0.4 is 5.73 Å². The van der Waals surface area contributed by atoms with Crippen molar-refractivity contribution >= 4 is 0 Å². The van der Waals surface area contributed by atoms with Crippen LogP contribution in [0.1, 0.15) is 77.6 Å². The summed E-state index contributed by atoms with van der Waals surface area (Å²) in [6, 6.07) is 0. The Morgan fingerprint density at radius 3 is 1.86 bits per heavy atom. The van der Waals surface area contributed by atoms with Gasteiger partial charge in [-0.15, -0.1) is 0 Å². The van der Waals surface area contributed by atoms with Crippen molar-refractivity contribution in [3.05, 3.63) is 36.5 Å². The fraction of sp³-hybridized carbons (Fsp3) is 0.700. The summed E-state index contributed by atoms with van der Waals surface area (Å²) in [6.45, 7) is 2.63. The number of unbranched alkanes of at least 4 members (excludes halogenated alkanes) is 6. The van der Waals surface area contributed by atoms with Crippen LogP contribution in [0.15, 0.2) is 36.5 Å². The number of aliphatic hydroxyl groups excluding tert-OH is 1. The van der Waals surface area contributed by atoms with Gasteiger partial charge in [-0.2, -0.15) is 0 Å². The van der Waals surface area contributed by atoms with Crippen LogP contribution in [0, 0.1) is 0 Å². The van der Waals surface area contributed by atoms with E-state index in [9.17, 15) is 5.11 Å². The number of hydrogen-bond donors (Lipinski definition) is 2. The molecule has 1 atom stereocenters. The monoisotopic (exact) mass is 307 g/mol. The van der Waals surface area contributed by atoms with E-state index in [1.165, 1.54) is 38.5 Å². The van der Waals surface area contributed by atoms with Crippen molar-refractivity contribution in [2.45, 2.75) is 83.7 Å². The summed E-state index contributed by atoms with van der Waals surface area (Å²) in [6.07, 6.45) is 26.0. The maximum absolute atomic E-state index is 9.32. The van der Waals surface area contributed by atoms with Crippen LogP contribution in [0.4, 0.5) is 0 Å². The predicted octanol–water partition coefficient (Wildman–Crippen LogP) is 5.29. The largest absolute Gasteiger partial charge is 0.392 e. The van der Waals surface area contributed by atoms with Crippen molar-refractivity contribution in [3.63, 3.8) is 0 Å². The molecule has 0 aliphatic carbocycles. The van der Waals surface area contributed by atoms with E-state index in [1.54, 1.807) is 0 Å². The Morgan fingerprint density at radius 2 is 1.32 bits per heavy atom.